The number of anilines is 1. The highest BCUT2D eigenvalue weighted by Crippen LogP contribution is 2.28. The van der Waals surface area contributed by atoms with Crippen molar-refractivity contribution < 1.29 is 13.6 Å². The fourth-order valence-electron chi connectivity index (χ4n) is 1.87. The molecule has 2 heterocycles. The average molecular weight is 393 g/mol. The van der Waals surface area contributed by atoms with E-state index >= 15 is 0 Å². The molecule has 0 saturated heterocycles. The van der Waals surface area contributed by atoms with Gasteiger partial charge in [0.25, 0.3) is 5.22 Å². The Kier molecular flexibility index (Phi) is 5.33. The number of carbonyl (C=O) groups excluding carboxylic acids is 1. The van der Waals surface area contributed by atoms with Crippen LogP contribution in [0.3, 0.4) is 0 Å². The highest BCUT2D eigenvalue weighted by Gasteiger charge is 2.20. The molecule has 0 bridgehead atoms. The van der Waals surface area contributed by atoms with Crippen LogP contribution in [0.5, 0.6) is 0 Å². The van der Waals surface area contributed by atoms with Crippen LogP contribution in [0.1, 0.15) is 25.8 Å². The number of benzene rings is 1. The molecule has 0 saturated carbocycles. The molecule has 0 unspecified atom stereocenters. The molecule has 0 aliphatic carbocycles. The van der Waals surface area contributed by atoms with Crippen LogP contribution < -0.4 is 5.32 Å². The molecular formula is C16H16FN5O2S2. The number of carbonyl (C=O) groups is 1. The Morgan fingerprint density at radius 1 is 1.27 bits per heavy atom. The van der Waals surface area contributed by atoms with Crippen LogP contribution in [0.4, 0.5) is 9.52 Å². The molecule has 3 aromatic rings. The Morgan fingerprint density at radius 3 is 2.77 bits per heavy atom. The fourth-order valence-corrected chi connectivity index (χ4v) is 3.25. The molecule has 1 N–H and O–H groups in total. The highest BCUT2D eigenvalue weighted by atomic mass is 32.2. The normalized spacial score (nSPS) is 11.5. The predicted molar refractivity (Wildman–Crippen MR) is 97.7 cm³/mol. The topological polar surface area (TPSA) is 93.8 Å². The molecule has 0 fully saturated rings. The summed E-state index contributed by atoms with van der Waals surface area (Å²) in [5.41, 5.74) is 0.365. The van der Waals surface area contributed by atoms with Crippen molar-refractivity contribution in [1.29, 1.82) is 0 Å². The van der Waals surface area contributed by atoms with Gasteiger partial charge in [-0.3, -0.25) is 10.1 Å². The minimum Gasteiger partial charge on any atom is -0.411 e. The van der Waals surface area contributed by atoms with Crippen molar-refractivity contribution in [3.8, 4) is 11.5 Å². The van der Waals surface area contributed by atoms with Gasteiger partial charge in [0.05, 0.1) is 5.75 Å². The Morgan fingerprint density at radius 2 is 2.08 bits per heavy atom. The van der Waals surface area contributed by atoms with Crippen molar-refractivity contribution in [3.05, 3.63) is 35.1 Å². The molecule has 0 aliphatic rings. The summed E-state index contributed by atoms with van der Waals surface area (Å²) in [6.07, 6.45) is 0. The number of nitrogens with one attached hydrogen (secondary N) is 1. The molecule has 1 aromatic carbocycles. The van der Waals surface area contributed by atoms with E-state index in [9.17, 15) is 9.18 Å². The summed E-state index contributed by atoms with van der Waals surface area (Å²) in [4.78, 5) is 12.0. The van der Waals surface area contributed by atoms with Gasteiger partial charge in [0.15, 0.2) is 0 Å². The molecular weight excluding hydrogens is 377 g/mol. The van der Waals surface area contributed by atoms with Gasteiger partial charge in [-0.05, 0) is 18.2 Å². The van der Waals surface area contributed by atoms with E-state index in [1.807, 2.05) is 20.8 Å². The fraction of sp³-hybridized carbons (Fsp3) is 0.312. The molecule has 7 nitrogen and oxygen atoms in total. The monoisotopic (exact) mass is 393 g/mol. The van der Waals surface area contributed by atoms with Gasteiger partial charge in [0.2, 0.25) is 16.9 Å². The first-order valence-corrected chi connectivity index (χ1v) is 9.47. The lowest BCUT2D eigenvalue weighted by Crippen LogP contribution is -2.13. The van der Waals surface area contributed by atoms with Gasteiger partial charge in [0.1, 0.15) is 10.8 Å². The third-order valence-corrected chi connectivity index (χ3v) is 5.20. The number of halogens is 1. The van der Waals surface area contributed by atoms with Crippen molar-refractivity contribution in [3.63, 3.8) is 0 Å². The molecule has 2 aromatic heterocycles. The molecule has 0 radical (unpaired) electrons. The number of amides is 1. The number of hydrogen-bond acceptors (Lipinski definition) is 8. The molecule has 0 atom stereocenters. The number of nitrogens with zero attached hydrogens (tertiary/aromatic N) is 4. The Balaban J connectivity index is 1.56. The first kappa shape index (κ1) is 18.5. The van der Waals surface area contributed by atoms with Crippen LogP contribution in [-0.4, -0.2) is 32.1 Å². The van der Waals surface area contributed by atoms with E-state index in [1.165, 1.54) is 23.5 Å². The van der Waals surface area contributed by atoms with Crippen molar-refractivity contribution in [2.24, 2.45) is 0 Å². The van der Waals surface area contributed by atoms with E-state index < -0.39 is 0 Å². The van der Waals surface area contributed by atoms with Crippen molar-refractivity contribution in [1.82, 2.24) is 20.4 Å². The minimum atomic E-state index is -0.388. The van der Waals surface area contributed by atoms with Crippen LogP contribution in [-0.2, 0) is 10.2 Å². The van der Waals surface area contributed by atoms with E-state index in [4.69, 9.17) is 4.42 Å². The maximum absolute atomic E-state index is 13.2. The zero-order chi connectivity index (χ0) is 18.7. The second-order valence-electron chi connectivity index (χ2n) is 6.38. The maximum Gasteiger partial charge on any atom is 0.277 e. The molecule has 136 valence electrons. The number of aromatic nitrogens is 4. The van der Waals surface area contributed by atoms with Crippen LogP contribution in [0.15, 0.2) is 33.9 Å². The number of rotatable bonds is 5. The summed E-state index contributed by atoms with van der Waals surface area (Å²) in [6.45, 7) is 6.09. The third-order valence-electron chi connectivity index (χ3n) is 3.12. The molecule has 0 aliphatic heterocycles. The maximum atomic E-state index is 13.2. The van der Waals surface area contributed by atoms with Crippen LogP contribution in [0.2, 0.25) is 0 Å². The second kappa shape index (κ2) is 7.50. The smallest absolute Gasteiger partial charge is 0.277 e. The lowest BCUT2D eigenvalue weighted by atomic mass is 9.98. The summed E-state index contributed by atoms with van der Waals surface area (Å²) in [5.74, 6) is -0.362. The SMILES string of the molecule is CC(C)(C)c1nnc(NC(=O)CSc2nnc(-c3cccc(F)c3)o2)s1. The van der Waals surface area contributed by atoms with Crippen molar-refractivity contribution in [2.75, 3.05) is 11.1 Å². The van der Waals surface area contributed by atoms with E-state index in [2.05, 4.69) is 25.7 Å². The number of hydrogen-bond donors (Lipinski definition) is 1. The minimum absolute atomic E-state index is 0.0786. The van der Waals surface area contributed by atoms with E-state index in [1.54, 1.807) is 12.1 Å². The van der Waals surface area contributed by atoms with Gasteiger partial charge in [-0.25, -0.2) is 4.39 Å². The molecule has 0 spiro atoms. The van der Waals surface area contributed by atoms with Crippen LogP contribution in [0.25, 0.3) is 11.5 Å². The standard InChI is InChI=1S/C16H16FN5O2S2/c1-16(2,3)13-20-21-14(26-13)18-11(23)8-25-15-22-19-12(24-15)9-5-4-6-10(17)7-9/h4-7H,8H2,1-3H3,(H,18,21,23). The summed E-state index contributed by atoms with van der Waals surface area (Å²) in [7, 11) is 0. The quantitative estimate of drug-likeness (QED) is 0.660. The Bertz CT molecular complexity index is 919. The summed E-state index contributed by atoms with van der Waals surface area (Å²) in [5, 5.41) is 20.0. The van der Waals surface area contributed by atoms with Crippen LogP contribution >= 0.6 is 23.1 Å². The van der Waals surface area contributed by atoms with Gasteiger partial charge < -0.3 is 4.42 Å². The summed E-state index contributed by atoms with van der Waals surface area (Å²) >= 11 is 2.43. The van der Waals surface area contributed by atoms with Gasteiger partial charge in [0, 0.05) is 11.0 Å². The third kappa shape index (κ3) is 4.64. The zero-order valence-electron chi connectivity index (χ0n) is 14.3. The summed E-state index contributed by atoms with van der Waals surface area (Å²) < 4.78 is 18.7. The zero-order valence-corrected chi connectivity index (χ0v) is 15.9. The second-order valence-corrected chi connectivity index (χ2v) is 8.29. The van der Waals surface area contributed by atoms with E-state index in [0.717, 1.165) is 16.8 Å². The Hall–Kier alpha value is -2.33. The molecule has 10 heteroatoms. The van der Waals surface area contributed by atoms with Gasteiger partial charge >= 0.3 is 0 Å². The highest BCUT2D eigenvalue weighted by molar-refractivity contribution is 7.99. The van der Waals surface area contributed by atoms with E-state index in [-0.39, 0.29) is 34.0 Å². The average Bonchev–Trinajstić information content (AvgIpc) is 3.22. The number of thioether (sulfide) groups is 1. The first-order valence-electron chi connectivity index (χ1n) is 7.67. The van der Waals surface area contributed by atoms with Gasteiger partial charge in [-0.1, -0.05) is 49.9 Å². The Labute approximate surface area is 157 Å². The largest absolute Gasteiger partial charge is 0.411 e. The predicted octanol–water partition coefficient (Wildman–Crippen LogP) is 3.76. The molecule has 26 heavy (non-hydrogen) atoms. The summed E-state index contributed by atoms with van der Waals surface area (Å²) in [6, 6.07) is 5.86. The first-order chi connectivity index (χ1) is 12.3. The van der Waals surface area contributed by atoms with Crippen LogP contribution in [0, 0.1) is 5.82 Å². The van der Waals surface area contributed by atoms with E-state index in [0.29, 0.717) is 10.7 Å². The lowest BCUT2D eigenvalue weighted by Gasteiger charge is -2.12. The van der Waals surface area contributed by atoms with Gasteiger partial charge in [-0.2, -0.15) is 0 Å². The van der Waals surface area contributed by atoms with Gasteiger partial charge in [-0.15, -0.1) is 20.4 Å². The van der Waals surface area contributed by atoms with Crippen molar-refractivity contribution >= 4 is 34.1 Å². The lowest BCUT2D eigenvalue weighted by molar-refractivity contribution is -0.113. The molecule has 1 amide bonds. The van der Waals surface area contributed by atoms with Crippen molar-refractivity contribution in [2.45, 2.75) is 31.4 Å². The molecule has 3 rings (SSSR count).